The molecule has 1 aromatic rings. The van der Waals surface area contributed by atoms with Gasteiger partial charge in [0.1, 0.15) is 17.1 Å². The molecule has 0 saturated heterocycles. The number of nitrogens with zero attached hydrogens (tertiary/aromatic N) is 1. The minimum Gasteiger partial charge on any atom is -0.497 e. The van der Waals surface area contributed by atoms with Gasteiger partial charge in [-0.2, -0.15) is 0 Å². The lowest BCUT2D eigenvalue weighted by molar-refractivity contribution is -0.133. The highest BCUT2D eigenvalue weighted by atomic mass is 16.5. The van der Waals surface area contributed by atoms with E-state index < -0.39 is 5.97 Å². The zero-order chi connectivity index (χ0) is 15.4. The standard InChI is InChI=1S/C15H19NO5/c1-3-16(10-4-5-10)14(17)9-21-13-7-6-11(20-2)8-12(13)15(18)19/h6-8,10H,3-5,9H2,1-2H3,(H,18,19). The van der Waals surface area contributed by atoms with Gasteiger partial charge in [0.25, 0.3) is 5.91 Å². The van der Waals surface area contributed by atoms with Crippen molar-refractivity contribution in [3.63, 3.8) is 0 Å². The number of aromatic carboxylic acids is 1. The molecule has 0 unspecified atom stereocenters. The van der Waals surface area contributed by atoms with Gasteiger partial charge in [0, 0.05) is 12.6 Å². The third-order valence-electron chi connectivity index (χ3n) is 3.42. The molecule has 6 nitrogen and oxygen atoms in total. The molecule has 0 heterocycles. The van der Waals surface area contributed by atoms with Crippen LogP contribution in [0.2, 0.25) is 0 Å². The number of carboxylic acid groups (broad SMARTS) is 1. The van der Waals surface area contributed by atoms with E-state index in [1.807, 2.05) is 6.92 Å². The smallest absolute Gasteiger partial charge is 0.339 e. The monoisotopic (exact) mass is 293 g/mol. The average Bonchev–Trinajstić information content (AvgIpc) is 3.30. The normalized spacial score (nSPS) is 13.6. The fourth-order valence-electron chi connectivity index (χ4n) is 2.18. The van der Waals surface area contributed by atoms with Gasteiger partial charge in [0.15, 0.2) is 6.61 Å². The highest BCUT2D eigenvalue weighted by Gasteiger charge is 2.31. The van der Waals surface area contributed by atoms with E-state index in [4.69, 9.17) is 9.47 Å². The van der Waals surface area contributed by atoms with Crippen LogP contribution in [0.15, 0.2) is 18.2 Å². The Balaban J connectivity index is 2.05. The van der Waals surface area contributed by atoms with E-state index in [0.717, 1.165) is 12.8 Å². The summed E-state index contributed by atoms with van der Waals surface area (Å²) < 4.78 is 10.4. The van der Waals surface area contributed by atoms with Crippen molar-refractivity contribution in [2.45, 2.75) is 25.8 Å². The number of ether oxygens (including phenoxy) is 2. The number of likely N-dealkylation sites (N-methyl/N-ethyl adjacent to an activating group) is 1. The van der Waals surface area contributed by atoms with Gasteiger partial charge >= 0.3 is 5.97 Å². The van der Waals surface area contributed by atoms with Crippen molar-refractivity contribution in [2.75, 3.05) is 20.3 Å². The number of hydrogen-bond donors (Lipinski definition) is 1. The van der Waals surface area contributed by atoms with E-state index >= 15 is 0 Å². The highest BCUT2D eigenvalue weighted by molar-refractivity contribution is 5.91. The number of carboxylic acids is 1. The predicted molar refractivity (Wildman–Crippen MR) is 75.9 cm³/mol. The minimum atomic E-state index is -1.12. The molecule has 2 rings (SSSR count). The molecule has 114 valence electrons. The molecule has 6 heteroatoms. The lowest BCUT2D eigenvalue weighted by Gasteiger charge is -2.20. The van der Waals surface area contributed by atoms with Crippen LogP contribution in [0.25, 0.3) is 0 Å². The molecule has 1 N–H and O–H groups in total. The van der Waals surface area contributed by atoms with Crippen LogP contribution in [0.4, 0.5) is 0 Å². The lowest BCUT2D eigenvalue weighted by Crippen LogP contribution is -2.36. The maximum absolute atomic E-state index is 12.1. The molecular formula is C15H19NO5. The Bertz CT molecular complexity index is 539. The number of carbonyl (C=O) groups is 2. The first-order valence-corrected chi connectivity index (χ1v) is 6.90. The maximum Gasteiger partial charge on any atom is 0.339 e. The fraction of sp³-hybridized carbons (Fsp3) is 0.467. The summed E-state index contributed by atoms with van der Waals surface area (Å²) in [6, 6.07) is 4.80. The van der Waals surface area contributed by atoms with Crippen LogP contribution in [-0.4, -0.2) is 48.2 Å². The van der Waals surface area contributed by atoms with Gasteiger partial charge < -0.3 is 19.5 Å². The first kappa shape index (κ1) is 15.2. The lowest BCUT2D eigenvalue weighted by atomic mass is 10.2. The van der Waals surface area contributed by atoms with Crippen molar-refractivity contribution in [1.82, 2.24) is 4.90 Å². The van der Waals surface area contributed by atoms with Crippen LogP contribution in [0.3, 0.4) is 0 Å². The fourth-order valence-corrected chi connectivity index (χ4v) is 2.18. The number of methoxy groups -OCH3 is 1. The number of benzene rings is 1. The molecule has 0 radical (unpaired) electrons. The largest absolute Gasteiger partial charge is 0.497 e. The summed E-state index contributed by atoms with van der Waals surface area (Å²) in [5, 5.41) is 9.17. The van der Waals surface area contributed by atoms with Crippen molar-refractivity contribution in [2.24, 2.45) is 0 Å². The summed E-state index contributed by atoms with van der Waals surface area (Å²) >= 11 is 0. The zero-order valence-electron chi connectivity index (χ0n) is 12.2. The van der Waals surface area contributed by atoms with Crippen molar-refractivity contribution in [3.8, 4) is 11.5 Å². The van der Waals surface area contributed by atoms with E-state index in [9.17, 15) is 14.7 Å². The van der Waals surface area contributed by atoms with Crippen molar-refractivity contribution >= 4 is 11.9 Å². The summed E-state index contributed by atoms with van der Waals surface area (Å²) in [5.74, 6) is -0.638. The van der Waals surface area contributed by atoms with Gasteiger partial charge in [0.05, 0.1) is 7.11 Å². The molecule has 1 aromatic carbocycles. The van der Waals surface area contributed by atoms with Crippen LogP contribution in [0.5, 0.6) is 11.5 Å². The molecule has 21 heavy (non-hydrogen) atoms. The molecular weight excluding hydrogens is 274 g/mol. The molecule has 1 fully saturated rings. The Kier molecular flexibility index (Phi) is 4.67. The highest BCUT2D eigenvalue weighted by Crippen LogP contribution is 2.27. The van der Waals surface area contributed by atoms with Gasteiger partial charge in [-0.25, -0.2) is 4.79 Å². The number of rotatable bonds is 7. The molecule has 1 saturated carbocycles. The SMILES string of the molecule is CCN(C(=O)COc1ccc(OC)cc1C(=O)O)C1CC1. The molecule has 0 atom stereocenters. The van der Waals surface area contributed by atoms with E-state index in [0.29, 0.717) is 18.3 Å². The van der Waals surface area contributed by atoms with Gasteiger partial charge in [-0.3, -0.25) is 4.79 Å². The second kappa shape index (κ2) is 6.47. The Morgan fingerprint density at radius 3 is 2.62 bits per heavy atom. The predicted octanol–water partition coefficient (Wildman–Crippen LogP) is 1.78. The molecule has 1 aliphatic rings. The number of carbonyl (C=O) groups excluding carboxylic acids is 1. The average molecular weight is 293 g/mol. The number of hydrogen-bond acceptors (Lipinski definition) is 4. The molecule has 1 amide bonds. The third-order valence-corrected chi connectivity index (χ3v) is 3.42. The van der Waals surface area contributed by atoms with Gasteiger partial charge in [-0.15, -0.1) is 0 Å². The van der Waals surface area contributed by atoms with E-state index in [1.165, 1.54) is 19.2 Å². The van der Waals surface area contributed by atoms with Gasteiger partial charge in [-0.1, -0.05) is 0 Å². The van der Waals surface area contributed by atoms with E-state index in [1.54, 1.807) is 11.0 Å². The Morgan fingerprint density at radius 2 is 2.10 bits per heavy atom. The summed E-state index contributed by atoms with van der Waals surface area (Å²) in [4.78, 5) is 25.0. The van der Waals surface area contributed by atoms with Crippen molar-refractivity contribution < 1.29 is 24.2 Å². The molecule has 1 aliphatic carbocycles. The maximum atomic E-state index is 12.1. The Hall–Kier alpha value is -2.24. The first-order valence-electron chi connectivity index (χ1n) is 6.90. The topological polar surface area (TPSA) is 76.1 Å². The Labute approximate surface area is 123 Å². The van der Waals surface area contributed by atoms with Crippen LogP contribution < -0.4 is 9.47 Å². The number of amides is 1. The van der Waals surface area contributed by atoms with E-state index in [2.05, 4.69) is 0 Å². The third kappa shape index (κ3) is 3.65. The Morgan fingerprint density at radius 1 is 1.38 bits per heavy atom. The zero-order valence-corrected chi connectivity index (χ0v) is 12.2. The van der Waals surface area contributed by atoms with Gasteiger partial charge in [-0.05, 0) is 38.0 Å². The van der Waals surface area contributed by atoms with Crippen LogP contribution in [-0.2, 0) is 4.79 Å². The first-order chi connectivity index (χ1) is 10.1. The molecule has 0 spiro atoms. The molecule has 0 aromatic heterocycles. The second-order valence-electron chi connectivity index (χ2n) is 4.87. The van der Waals surface area contributed by atoms with Gasteiger partial charge in [0.2, 0.25) is 0 Å². The van der Waals surface area contributed by atoms with Crippen LogP contribution >= 0.6 is 0 Å². The quantitative estimate of drug-likeness (QED) is 0.829. The van der Waals surface area contributed by atoms with Crippen LogP contribution in [0.1, 0.15) is 30.1 Å². The summed E-state index contributed by atoms with van der Waals surface area (Å²) in [5.41, 5.74) is -0.0170. The molecule has 0 aliphatic heterocycles. The second-order valence-corrected chi connectivity index (χ2v) is 4.87. The van der Waals surface area contributed by atoms with Crippen LogP contribution in [0, 0.1) is 0 Å². The molecule has 0 bridgehead atoms. The minimum absolute atomic E-state index is 0.0170. The summed E-state index contributed by atoms with van der Waals surface area (Å²) in [6.07, 6.45) is 2.06. The summed E-state index contributed by atoms with van der Waals surface area (Å²) in [6.45, 7) is 2.41. The summed E-state index contributed by atoms with van der Waals surface area (Å²) in [7, 11) is 1.46. The van der Waals surface area contributed by atoms with Crippen molar-refractivity contribution in [3.05, 3.63) is 23.8 Å². The van der Waals surface area contributed by atoms with E-state index in [-0.39, 0.29) is 23.8 Å². The van der Waals surface area contributed by atoms with Crippen molar-refractivity contribution in [1.29, 1.82) is 0 Å².